The summed E-state index contributed by atoms with van der Waals surface area (Å²) in [5.41, 5.74) is 0.00241. The van der Waals surface area contributed by atoms with E-state index in [1.165, 1.54) is 24.3 Å². The van der Waals surface area contributed by atoms with Crippen LogP contribution in [-0.4, -0.2) is 0 Å². The molecule has 0 fully saturated rings. The van der Waals surface area contributed by atoms with Crippen molar-refractivity contribution in [3.8, 4) is 0 Å². The Hall–Kier alpha value is -1.75. The fraction of sp³-hybridized carbons (Fsp3) is 0.200. The van der Waals surface area contributed by atoms with Crippen LogP contribution in [0.4, 0.5) is 23.2 Å². The molecule has 0 aliphatic rings. The lowest BCUT2D eigenvalue weighted by atomic mass is 10.1. The maximum absolute atomic E-state index is 13.1. The van der Waals surface area contributed by atoms with Gasteiger partial charge in [-0.15, -0.1) is 0 Å². The number of anilines is 1. The van der Waals surface area contributed by atoms with Crippen molar-refractivity contribution >= 4 is 17.3 Å². The van der Waals surface area contributed by atoms with E-state index in [-0.39, 0.29) is 16.8 Å². The highest BCUT2D eigenvalue weighted by Crippen LogP contribution is 2.36. The van der Waals surface area contributed by atoms with Gasteiger partial charge in [0.1, 0.15) is 5.82 Å². The van der Waals surface area contributed by atoms with Crippen LogP contribution in [0.15, 0.2) is 42.5 Å². The summed E-state index contributed by atoms with van der Waals surface area (Å²) in [5, 5.41) is 2.54. The molecule has 1 unspecified atom stereocenters. The molecule has 6 heteroatoms. The summed E-state index contributed by atoms with van der Waals surface area (Å²) >= 11 is 5.56. The fourth-order valence-electron chi connectivity index (χ4n) is 1.94. The van der Waals surface area contributed by atoms with Gasteiger partial charge in [0.15, 0.2) is 0 Å². The number of hydrogen-bond donors (Lipinski definition) is 1. The Morgan fingerprint density at radius 1 is 1.10 bits per heavy atom. The van der Waals surface area contributed by atoms with Gasteiger partial charge in [0.2, 0.25) is 0 Å². The van der Waals surface area contributed by atoms with Gasteiger partial charge in [-0.1, -0.05) is 23.7 Å². The highest BCUT2D eigenvalue weighted by Gasteiger charge is 2.33. The van der Waals surface area contributed by atoms with E-state index in [2.05, 4.69) is 5.32 Å². The lowest BCUT2D eigenvalue weighted by Gasteiger charge is -2.17. The molecule has 0 saturated heterocycles. The topological polar surface area (TPSA) is 12.0 Å². The zero-order valence-electron chi connectivity index (χ0n) is 11.0. The quantitative estimate of drug-likeness (QED) is 0.719. The fourth-order valence-corrected chi connectivity index (χ4v) is 2.17. The average molecular weight is 318 g/mol. The average Bonchev–Trinajstić information content (AvgIpc) is 2.39. The first-order chi connectivity index (χ1) is 9.77. The zero-order valence-corrected chi connectivity index (χ0v) is 11.8. The molecule has 0 amide bonds. The number of nitrogens with one attached hydrogen (secondary N) is 1. The molecule has 2 rings (SSSR count). The van der Waals surface area contributed by atoms with E-state index < -0.39 is 17.6 Å². The maximum atomic E-state index is 13.1. The van der Waals surface area contributed by atoms with E-state index in [4.69, 9.17) is 11.6 Å². The number of rotatable bonds is 3. The van der Waals surface area contributed by atoms with Crippen molar-refractivity contribution in [2.75, 3.05) is 5.32 Å². The molecule has 0 aromatic heterocycles. The van der Waals surface area contributed by atoms with E-state index >= 15 is 0 Å². The summed E-state index contributed by atoms with van der Waals surface area (Å²) in [7, 11) is 0. The minimum atomic E-state index is -4.52. The van der Waals surface area contributed by atoms with Crippen LogP contribution in [0.2, 0.25) is 5.02 Å². The number of halogens is 5. The Kier molecular flexibility index (Phi) is 4.42. The Morgan fingerprint density at radius 2 is 1.81 bits per heavy atom. The van der Waals surface area contributed by atoms with Crippen LogP contribution in [0.25, 0.3) is 0 Å². The van der Waals surface area contributed by atoms with Crippen molar-refractivity contribution in [3.63, 3.8) is 0 Å². The van der Waals surface area contributed by atoms with Gasteiger partial charge in [-0.25, -0.2) is 4.39 Å². The number of hydrogen-bond acceptors (Lipinski definition) is 1. The third-order valence-electron chi connectivity index (χ3n) is 3.00. The van der Waals surface area contributed by atoms with E-state index in [9.17, 15) is 17.6 Å². The van der Waals surface area contributed by atoms with Crippen LogP contribution < -0.4 is 5.32 Å². The summed E-state index contributed by atoms with van der Waals surface area (Å²) in [6.45, 7) is 1.73. The smallest absolute Gasteiger partial charge is 0.379 e. The van der Waals surface area contributed by atoms with E-state index in [1.807, 2.05) is 0 Å². The van der Waals surface area contributed by atoms with Gasteiger partial charge in [0, 0.05) is 11.7 Å². The molecule has 21 heavy (non-hydrogen) atoms. The van der Waals surface area contributed by atoms with Crippen LogP contribution in [-0.2, 0) is 6.18 Å². The summed E-state index contributed by atoms with van der Waals surface area (Å²) in [5.74, 6) is -0.395. The summed E-state index contributed by atoms with van der Waals surface area (Å²) < 4.78 is 51.5. The Morgan fingerprint density at radius 3 is 2.43 bits per heavy atom. The van der Waals surface area contributed by atoms with Crippen molar-refractivity contribution in [2.45, 2.75) is 19.1 Å². The van der Waals surface area contributed by atoms with Crippen LogP contribution in [0, 0.1) is 5.82 Å². The zero-order chi connectivity index (χ0) is 15.6. The molecular weight excluding hydrogens is 306 g/mol. The molecule has 0 aliphatic heterocycles. The summed E-state index contributed by atoms with van der Waals surface area (Å²) in [4.78, 5) is 0. The number of benzene rings is 2. The SMILES string of the molecule is CC(Nc1ccc(Cl)c(C(F)(F)F)c1)c1cccc(F)c1. The first-order valence-electron chi connectivity index (χ1n) is 6.16. The van der Waals surface area contributed by atoms with E-state index in [0.29, 0.717) is 5.56 Å². The predicted molar refractivity (Wildman–Crippen MR) is 74.9 cm³/mol. The first-order valence-corrected chi connectivity index (χ1v) is 6.54. The van der Waals surface area contributed by atoms with E-state index in [0.717, 1.165) is 6.07 Å². The molecular formula is C15H12ClF4N. The molecule has 0 heterocycles. The van der Waals surface area contributed by atoms with Crippen molar-refractivity contribution in [3.05, 3.63) is 64.4 Å². The van der Waals surface area contributed by atoms with Crippen molar-refractivity contribution in [2.24, 2.45) is 0 Å². The second-order valence-corrected chi connectivity index (χ2v) is 5.02. The van der Waals surface area contributed by atoms with Gasteiger partial charge in [0.25, 0.3) is 0 Å². The lowest BCUT2D eigenvalue weighted by molar-refractivity contribution is -0.137. The van der Waals surface area contributed by atoms with Gasteiger partial charge < -0.3 is 5.32 Å². The van der Waals surface area contributed by atoms with Crippen LogP contribution >= 0.6 is 11.6 Å². The second kappa shape index (κ2) is 5.93. The summed E-state index contributed by atoms with van der Waals surface area (Å²) in [6.07, 6.45) is -4.52. The van der Waals surface area contributed by atoms with Crippen molar-refractivity contribution < 1.29 is 17.6 Å². The van der Waals surface area contributed by atoms with Crippen molar-refractivity contribution in [1.29, 1.82) is 0 Å². The standard InChI is InChI=1S/C15H12ClF4N/c1-9(10-3-2-4-11(17)7-10)21-12-5-6-14(16)13(8-12)15(18,19)20/h2-9,21H,1H3. The van der Waals surface area contributed by atoms with Gasteiger partial charge >= 0.3 is 6.18 Å². The molecule has 0 aliphatic carbocycles. The lowest BCUT2D eigenvalue weighted by Crippen LogP contribution is -2.10. The van der Waals surface area contributed by atoms with Gasteiger partial charge in [-0.2, -0.15) is 13.2 Å². The van der Waals surface area contributed by atoms with Crippen LogP contribution in [0.3, 0.4) is 0 Å². The normalized spacial score (nSPS) is 13.0. The molecule has 1 nitrogen and oxygen atoms in total. The van der Waals surface area contributed by atoms with Crippen LogP contribution in [0.1, 0.15) is 24.1 Å². The molecule has 0 spiro atoms. The number of alkyl halides is 3. The minimum absolute atomic E-state index is 0.267. The monoisotopic (exact) mass is 317 g/mol. The van der Waals surface area contributed by atoms with Crippen molar-refractivity contribution in [1.82, 2.24) is 0 Å². The molecule has 1 N–H and O–H groups in total. The molecule has 112 valence electrons. The minimum Gasteiger partial charge on any atom is -0.379 e. The van der Waals surface area contributed by atoms with Gasteiger partial charge in [-0.3, -0.25) is 0 Å². The van der Waals surface area contributed by atoms with Gasteiger partial charge in [-0.05, 0) is 42.8 Å². The molecule has 0 saturated carbocycles. The third kappa shape index (κ3) is 3.88. The van der Waals surface area contributed by atoms with Crippen LogP contribution in [0.5, 0.6) is 0 Å². The molecule has 2 aromatic rings. The highest BCUT2D eigenvalue weighted by molar-refractivity contribution is 6.31. The maximum Gasteiger partial charge on any atom is 0.417 e. The largest absolute Gasteiger partial charge is 0.417 e. The first kappa shape index (κ1) is 15.6. The molecule has 0 radical (unpaired) electrons. The Labute approximate surface area is 124 Å². The molecule has 2 aromatic carbocycles. The highest BCUT2D eigenvalue weighted by atomic mass is 35.5. The second-order valence-electron chi connectivity index (χ2n) is 4.61. The Bertz CT molecular complexity index is 640. The Balaban J connectivity index is 2.24. The third-order valence-corrected chi connectivity index (χ3v) is 3.33. The summed E-state index contributed by atoms with van der Waals surface area (Å²) in [6, 6.07) is 9.12. The predicted octanol–water partition coefficient (Wildman–Crippen LogP) is 5.67. The molecule has 0 bridgehead atoms. The van der Waals surface area contributed by atoms with E-state index in [1.54, 1.807) is 19.1 Å². The van der Waals surface area contributed by atoms with Gasteiger partial charge in [0.05, 0.1) is 10.6 Å². The molecule has 1 atom stereocenters.